The standard InChI is InChI=1S/C18H14BrFN2O/c19-12-4-5-16-15(9-12)14-6-7-21-18(23)17(14)22(16)10-11-2-1-3-13(20)8-11/h1-5,8-9H,6-7,10H2,(H,21,23). The number of rotatable bonds is 2. The maximum Gasteiger partial charge on any atom is 0.268 e. The number of hydrogen-bond acceptors (Lipinski definition) is 1. The minimum atomic E-state index is -0.264. The normalized spacial score (nSPS) is 13.9. The number of nitrogens with one attached hydrogen (secondary N) is 1. The highest BCUT2D eigenvalue weighted by Crippen LogP contribution is 2.31. The van der Waals surface area contributed by atoms with Crippen LogP contribution < -0.4 is 5.32 Å². The Kier molecular flexibility index (Phi) is 3.45. The molecule has 1 aliphatic heterocycles. The van der Waals surface area contributed by atoms with E-state index in [1.165, 1.54) is 12.1 Å². The number of carbonyl (C=O) groups is 1. The Morgan fingerprint density at radius 3 is 2.91 bits per heavy atom. The molecule has 5 heteroatoms. The Hall–Kier alpha value is -2.14. The summed E-state index contributed by atoms with van der Waals surface area (Å²) in [5, 5.41) is 3.99. The van der Waals surface area contributed by atoms with Crippen molar-refractivity contribution in [1.82, 2.24) is 9.88 Å². The Bertz CT molecular complexity index is 932. The maximum atomic E-state index is 13.5. The highest BCUT2D eigenvalue weighted by atomic mass is 79.9. The van der Waals surface area contributed by atoms with E-state index in [0.717, 1.165) is 32.9 Å². The number of benzene rings is 2. The fourth-order valence-corrected chi connectivity index (χ4v) is 3.64. The first-order valence-corrected chi connectivity index (χ1v) is 8.26. The zero-order valence-corrected chi connectivity index (χ0v) is 13.9. The molecular weight excluding hydrogens is 359 g/mol. The van der Waals surface area contributed by atoms with Gasteiger partial charge in [-0.15, -0.1) is 0 Å². The number of fused-ring (bicyclic) bond motifs is 3. The van der Waals surface area contributed by atoms with Crippen LogP contribution in [0.2, 0.25) is 0 Å². The van der Waals surface area contributed by atoms with Gasteiger partial charge < -0.3 is 9.88 Å². The molecule has 116 valence electrons. The molecule has 0 radical (unpaired) electrons. The van der Waals surface area contributed by atoms with E-state index in [1.54, 1.807) is 6.07 Å². The number of aromatic nitrogens is 1. The molecule has 2 aromatic carbocycles. The molecular formula is C18H14BrFN2O. The zero-order valence-electron chi connectivity index (χ0n) is 12.3. The van der Waals surface area contributed by atoms with E-state index in [9.17, 15) is 9.18 Å². The van der Waals surface area contributed by atoms with Gasteiger partial charge >= 0.3 is 0 Å². The van der Waals surface area contributed by atoms with E-state index in [2.05, 4.69) is 27.3 Å². The lowest BCUT2D eigenvalue weighted by atomic mass is 10.0. The molecule has 0 fully saturated rings. The summed E-state index contributed by atoms with van der Waals surface area (Å²) >= 11 is 3.50. The predicted octanol–water partition coefficient (Wildman–Crippen LogP) is 3.88. The van der Waals surface area contributed by atoms with E-state index in [1.807, 2.05) is 22.8 Å². The van der Waals surface area contributed by atoms with E-state index >= 15 is 0 Å². The molecule has 0 unspecified atom stereocenters. The van der Waals surface area contributed by atoms with Gasteiger partial charge in [0.25, 0.3) is 5.91 Å². The fraction of sp³-hybridized carbons (Fsp3) is 0.167. The van der Waals surface area contributed by atoms with Gasteiger partial charge in [0.2, 0.25) is 0 Å². The topological polar surface area (TPSA) is 34.0 Å². The molecule has 1 aromatic heterocycles. The second kappa shape index (κ2) is 5.49. The van der Waals surface area contributed by atoms with Gasteiger partial charge in [-0.2, -0.15) is 0 Å². The molecule has 23 heavy (non-hydrogen) atoms. The van der Waals surface area contributed by atoms with Crippen molar-refractivity contribution in [1.29, 1.82) is 0 Å². The summed E-state index contributed by atoms with van der Waals surface area (Å²) in [4.78, 5) is 12.4. The highest BCUT2D eigenvalue weighted by Gasteiger charge is 2.25. The summed E-state index contributed by atoms with van der Waals surface area (Å²) in [6.45, 7) is 1.12. The molecule has 1 N–H and O–H groups in total. The van der Waals surface area contributed by atoms with Gasteiger partial charge in [0.05, 0.1) is 0 Å². The van der Waals surface area contributed by atoms with Gasteiger partial charge in [-0.05, 0) is 47.9 Å². The summed E-state index contributed by atoms with van der Waals surface area (Å²) < 4.78 is 16.5. The summed E-state index contributed by atoms with van der Waals surface area (Å²) in [6, 6.07) is 12.5. The third-order valence-corrected chi connectivity index (χ3v) is 4.73. The molecule has 0 atom stereocenters. The van der Waals surface area contributed by atoms with Gasteiger partial charge in [-0.1, -0.05) is 28.1 Å². The summed E-state index contributed by atoms with van der Waals surface area (Å²) in [5.74, 6) is -0.324. The Balaban J connectivity index is 1.94. The van der Waals surface area contributed by atoms with E-state index in [0.29, 0.717) is 18.8 Å². The van der Waals surface area contributed by atoms with Gasteiger partial charge in [-0.3, -0.25) is 4.79 Å². The smallest absolute Gasteiger partial charge is 0.268 e. The number of amides is 1. The third-order valence-electron chi connectivity index (χ3n) is 4.24. The average molecular weight is 373 g/mol. The van der Waals surface area contributed by atoms with Crippen molar-refractivity contribution in [2.45, 2.75) is 13.0 Å². The van der Waals surface area contributed by atoms with Crippen molar-refractivity contribution in [3.05, 3.63) is 69.6 Å². The van der Waals surface area contributed by atoms with Crippen LogP contribution in [0.4, 0.5) is 4.39 Å². The number of hydrogen-bond donors (Lipinski definition) is 1. The minimum Gasteiger partial charge on any atom is -0.350 e. The SMILES string of the molecule is O=C1NCCc2c1n(Cc1cccc(F)c1)c1ccc(Br)cc21. The van der Waals surface area contributed by atoms with Crippen LogP contribution in [-0.2, 0) is 13.0 Å². The van der Waals surface area contributed by atoms with Gasteiger partial charge in [0.15, 0.2) is 0 Å². The van der Waals surface area contributed by atoms with E-state index in [-0.39, 0.29) is 11.7 Å². The molecule has 2 heterocycles. The third kappa shape index (κ3) is 2.45. The fourth-order valence-electron chi connectivity index (χ4n) is 3.28. The lowest BCUT2D eigenvalue weighted by molar-refractivity contribution is 0.0937. The second-order valence-electron chi connectivity index (χ2n) is 5.71. The summed E-state index contributed by atoms with van der Waals surface area (Å²) in [7, 11) is 0. The van der Waals surface area contributed by atoms with Crippen LogP contribution in [0.1, 0.15) is 21.6 Å². The first kappa shape index (κ1) is 14.5. The van der Waals surface area contributed by atoms with Crippen molar-refractivity contribution >= 4 is 32.7 Å². The van der Waals surface area contributed by atoms with Crippen LogP contribution in [0.15, 0.2) is 46.9 Å². The second-order valence-corrected chi connectivity index (χ2v) is 6.63. The molecule has 1 amide bonds. The van der Waals surface area contributed by atoms with Crippen molar-refractivity contribution in [2.24, 2.45) is 0 Å². The largest absolute Gasteiger partial charge is 0.350 e. The van der Waals surface area contributed by atoms with Crippen LogP contribution in [0.25, 0.3) is 10.9 Å². The Labute approximate surface area is 141 Å². The first-order valence-electron chi connectivity index (χ1n) is 7.47. The number of carbonyl (C=O) groups excluding carboxylic acids is 1. The van der Waals surface area contributed by atoms with Gasteiger partial charge in [-0.25, -0.2) is 4.39 Å². The lowest BCUT2D eigenvalue weighted by Crippen LogP contribution is -2.33. The van der Waals surface area contributed by atoms with Gasteiger partial charge in [0.1, 0.15) is 11.5 Å². The molecule has 1 aliphatic rings. The van der Waals surface area contributed by atoms with Crippen LogP contribution in [-0.4, -0.2) is 17.0 Å². The van der Waals surface area contributed by atoms with Crippen molar-refractivity contribution in [2.75, 3.05) is 6.54 Å². The first-order chi connectivity index (χ1) is 11.1. The molecule has 0 bridgehead atoms. The van der Waals surface area contributed by atoms with E-state index < -0.39 is 0 Å². The predicted molar refractivity (Wildman–Crippen MR) is 91.2 cm³/mol. The molecule has 0 saturated heterocycles. The molecule has 3 aromatic rings. The molecule has 3 nitrogen and oxygen atoms in total. The van der Waals surface area contributed by atoms with Crippen molar-refractivity contribution in [3.63, 3.8) is 0 Å². The van der Waals surface area contributed by atoms with Crippen LogP contribution in [0, 0.1) is 5.82 Å². The van der Waals surface area contributed by atoms with Crippen molar-refractivity contribution in [3.8, 4) is 0 Å². The van der Waals surface area contributed by atoms with Crippen LogP contribution in [0.3, 0.4) is 0 Å². The van der Waals surface area contributed by atoms with E-state index in [4.69, 9.17) is 0 Å². The minimum absolute atomic E-state index is 0.0602. The highest BCUT2D eigenvalue weighted by molar-refractivity contribution is 9.10. The summed E-state index contributed by atoms with van der Waals surface area (Å²) in [5.41, 5.74) is 3.60. The molecule has 0 spiro atoms. The quantitative estimate of drug-likeness (QED) is 0.727. The molecule has 0 saturated carbocycles. The van der Waals surface area contributed by atoms with Gasteiger partial charge in [0, 0.05) is 28.5 Å². The van der Waals surface area contributed by atoms with Crippen molar-refractivity contribution < 1.29 is 9.18 Å². The molecule has 4 rings (SSSR count). The lowest BCUT2D eigenvalue weighted by Gasteiger charge is -2.16. The van der Waals surface area contributed by atoms with Crippen LogP contribution in [0.5, 0.6) is 0 Å². The maximum absolute atomic E-state index is 13.5. The zero-order chi connectivity index (χ0) is 16.0. The average Bonchev–Trinajstić information content (AvgIpc) is 2.82. The Morgan fingerprint density at radius 1 is 1.22 bits per heavy atom. The summed E-state index contributed by atoms with van der Waals surface area (Å²) in [6.07, 6.45) is 0.810. The molecule has 0 aliphatic carbocycles. The van der Waals surface area contributed by atoms with Crippen LogP contribution >= 0.6 is 15.9 Å². The monoisotopic (exact) mass is 372 g/mol. The number of nitrogens with zero attached hydrogens (tertiary/aromatic N) is 1. The Morgan fingerprint density at radius 2 is 2.09 bits per heavy atom. The number of halogens is 2.